The molecule has 0 spiro atoms. The van der Waals surface area contributed by atoms with Crippen LogP contribution < -0.4 is 10.5 Å². The van der Waals surface area contributed by atoms with E-state index in [1.54, 1.807) is 0 Å². The molecule has 0 saturated carbocycles. The van der Waals surface area contributed by atoms with Crippen molar-refractivity contribution in [1.29, 1.82) is 0 Å². The minimum absolute atomic E-state index is 0.214. The van der Waals surface area contributed by atoms with Gasteiger partial charge in [-0.2, -0.15) is 13.2 Å². The topological polar surface area (TPSA) is 114 Å². The highest BCUT2D eigenvalue weighted by molar-refractivity contribution is 5.88. The lowest BCUT2D eigenvalue weighted by Crippen LogP contribution is -2.31. The van der Waals surface area contributed by atoms with Gasteiger partial charge in [0.2, 0.25) is 0 Å². The van der Waals surface area contributed by atoms with E-state index in [-0.39, 0.29) is 5.56 Å². The Morgan fingerprint density at radius 3 is 2.18 bits per heavy atom. The summed E-state index contributed by atoms with van der Waals surface area (Å²) in [4.78, 5) is 39.5. The normalized spacial score (nSPS) is 15.8. The number of carboxylic acid groups (broad SMARTS) is 2. The molecule has 1 saturated heterocycles. The molecule has 1 aliphatic rings. The van der Waals surface area contributed by atoms with E-state index in [1.807, 2.05) is 19.1 Å². The number of carboxylic acids is 2. The molecule has 1 aromatic carbocycles. The molecule has 1 fully saturated rings. The highest BCUT2D eigenvalue weighted by atomic mass is 19.4. The Bertz CT molecular complexity index is 1050. The highest BCUT2D eigenvalue weighted by Gasteiger charge is 2.38. The van der Waals surface area contributed by atoms with E-state index >= 15 is 0 Å². The third-order valence-electron chi connectivity index (χ3n) is 5.39. The molecular weight excluding hydrogens is 443 g/mol. The number of aromatic amines is 1. The van der Waals surface area contributed by atoms with Gasteiger partial charge in [0.1, 0.15) is 5.56 Å². The molecule has 3 N–H and O–H groups in total. The lowest BCUT2D eigenvalue weighted by Gasteiger charge is -2.22. The number of alkyl halides is 3. The van der Waals surface area contributed by atoms with Gasteiger partial charge in [-0.05, 0) is 56.3 Å². The van der Waals surface area contributed by atoms with E-state index in [4.69, 9.17) is 15.0 Å². The highest BCUT2D eigenvalue weighted by Crippen LogP contribution is 2.27. The first-order chi connectivity index (χ1) is 15.3. The molecule has 33 heavy (non-hydrogen) atoms. The van der Waals surface area contributed by atoms with E-state index in [0.29, 0.717) is 18.2 Å². The number of pyridine rings is 1. The zero-order valence-corrected chi connectivity index (χ0v) is 18.4. The Hall–Kier alpha value is -3.34. The van der Waals surface area contributed by atoms with Crippen molar-refractivity contribution >= 4 is 17.6 Å². The number of halogens is 3. The Morgan fingerprint density at radius 1 is 1.18 bits per heavy atom. The van der Waals surface area contributed by atoms with Gasteiger partial charge in [-0.3, -0.25) is 4.79 Å². The van der Waals surface area contributed by atoms with E-state index in [0.717, 1.165) is 30.6 Å². The maximum Gasteiger partial charge on any atom is 0.490 e. The van der Waals surface area contributed by atoms with Gasteiger partial charge in [-0.1, -0.05) is 19.1 Å². The molecule has 2 heterocycles. The molecule has 0 amide bonds. The van der Waals surface area contributed by atoms with E-state index in [1.165, 1.54) is 11.8 Å². The molecule has 0 unspecified atom stereocenters. The first-order valence-corrected chi connectivity index (χ1v) is 10.2. The predicted molar refractivity (Wildman–Crippen MR) is 117 cm³/mol. The number of aromatic carboxylic acids is 1. The molecular formula is C22H26F3N3O5. The van der Waals surface area contributed by atoms with Gasteiger partial charge < -0.3 is 25.0 Å². The summed E-state index contributed by atoms with van der Waals surface area (Å²) in [6.07, 6.45) is -3.29. The first-order valence-electron chi connectivity index (χ1n) is 10.2. The molecule has 0 radical (unpaired) electrons. The van der Waals surface area contributed by atoms with Crippen LogP contribution in [0.25, 0.3) is 11.3 Å². The molecule has 8 nitrogen and oxygen atoms in total. The largest absolute Gasteiger partial charge is 0.490 e. The smallest absolute Gasteiger partial charge is 0.477 e. The maximum atomic E-state index is 12.0. The molecule has 11 heteroatoms. The SMILES string of the molecule is CCc1cc(C(=O)O)c(=O)[nH]c1-c1ccc(N2CC[C@@H](N(C)C)C2)cc1.O=C(O)C(F)(F)F. The monoisotopic (exact) mass is 469 g/mol. The van der Waals surface area contributed by atoms with Crippen LogP contribution in [-0.4, -0.2) is 71.4 Å². The minimum atomic E-state index is -5.08. The van der Waals surface area contributed by atoms with Crippen LogP contribution in [0.5, 0.6) is 0 Å². The first kappa shape index (κ1) is 25.9. The zero-order valence-electron chi connectivity index (χ0n) is 18.4. The van der Waals surface area contributed by atoms with Crippen LogP contribution in [0.2, 0.25) is 0 Å². The average Bonchev–Trinajstić information content (AvgIpc) is 3.24. The van der Waals surface area contributed by atoms with Crippen LogP contribution in [0.1, 0.15) is 29.3 Å². The molecule has 0 aliphatic carbocycles. The molecule has 1 aliphatic heterocycles. The van der Waals surface area contributed by atoms with Crippen molar-refractivity contribution in [1.82, 2.24) is 9.88 Å². The van der Waals surface area contributed by atoms with E-state index in [2.05, 4.69) is 41.0 Å². The van der Waals surface area contributed by atoms with Crippen molar-refractivity contribution in [2.75, 3.05) is 32.1 Å². The number of nitrogens with zero attached hydrogens (tertiary/aromatic N) is 2. The number of hydrogen-bond acceptors (Lipinski definition) is 5. The summed E-state index contributed by atoms with van der Waals surface area (Å²) in [5.41, 5.74) is 2.80. The quantitative estimate of drug-likeness (QED) is 0.617. The second-order valence-electron chi connectivity index (χ2n) is 7.77. The number of aromatic nitrogens is 1. The second kappa shape index (κ2) is 10.5. The number of likely N-dealkylation sites (N-methyl/N-ethyl adjacent to an activating group) is 1. The van der Waals surface area contributed by atoms with Gasteiger partial charge in [0.25, 0.3) is 5.56 Å². The van der Waals surface area contributed by atoms with Gasteiger partial charge in [-0.15, -0.1) is 0 Å². The number of nitrogens with one attached hydrogen (secondary N) is 1. The number of anilines is 1. The van der Waals surface area contributed by atoms with Gasteiger partial charge in [-0.25, -0.2) is 9.59 Å². The van der Waals surface area contributed by atoms with Crippen LogP contribution in [0.4, 0.5) is 18.9 Å². The van der Waals surface area contributed by atoms with Gasteiger partial charge in [0, 0.05) is 24.8 Å². The zero-order chi connectivity index (χ0) is 24.9. The lowest BCUT2D eigenvalue weighted by atomic mass is 10.0. The van der Waals surface area contributed by atoms with Crippen molar-refractivity contribution in [3.8, 4) is 11.3 Å². The van der Waals surface area contributed by atoms with Gasteiger partial charge in [0.15, 0.2) is 0 Å². The summed E-state index contributed by atoms with van der Waals surface area (Å²) in [6, 6.07) is 10.2. The summed E-state index contributed by atoms with van der Waals surface area (Å²) in [5.74, 6) is -3.96. The number of aliphatic carboxylic acids is 1. The maximum absolute atomic E-state index is 12.0. The molecule has 1 aromatic heterocycles. The van der Waals surface area contributed by atoms with Crippen molar-refractivity contribution in [2.24, 2.45) is 0 Å². The number of carbonyl (C=O) groups is 2. The fraction of sp³-hybridized carbons (Fsp3) is 0.409. The van der Waals surface area contributed by atoms with Crippen LogP contribution in [0, 0.1) is 0 Å². The summed E-state index contributed by atoms with van der Waals surface area (Å²) < 4.78 is 31.7. The van der Waals surface area contributed by atoms with Crippen LogP contribution in [0.15, 0.2) is 35.1 Å². The van der Waals surface area contributed by atoms with Crippen molar-refractivity contribution in [3.05, 3.63) is 51.8 Å². The van der Waals surface area contributed by atoms with Crippen molar-refractivity contribution < 1.29 is 33.0 Å². The van der Waals surface area contributed by atoms with Crippen molar-refractivity contribution in [2.45, 2.75) is 32.0 Å². The van der Waals surface area contributed by atoms with Crippen LogP contribution >= 0.6 is 0 Å². The number of aryl methyl sites for hydroxylation is 1. The Morgan fingerprint density at radius 2 is 1.76 bits per heavy atom. The van der Waals surface area contributed by atoms with E-state index in [9.17, 15) is 22.8 Å². The number of H-pyrrole nitrogens is 1. The van der Waals surface area contributed by atoms with Crippen molar-refractivity contribution in [3.63, 3.8) is 0 Å². The fourth-order valence-electron chi connectivity index (χ4n) is 3.51. The fourth-order valence-corrected chi connectivity index (χ4v) is 3.51. The Balaban J connectivity index is 0.000000479. The number of benzene rings is 1. The predicted octanol–water partition coefficient (Wildman–Crippen LogP) is 3.08. The van der Waals surface area contributed by atoms with Crippen LogP contribution in [-0.2, 0) is 11.2 Å². The Labute approximate surface area is 188 Å². The van der Waals surface area contributed by atoms with Gasteiger partial charge in [0.05, 0.1) is 5.69 Å². The number of hydrogen-bond donors (Lipinski definition) is 3. The summed E-state index contributed by atoms with van der Waals surface area (Å²) in [6.45, 7) is 3.99. The molecule has 3 rings (SSSR count). The van der Waals surface area contributed by atoms with Gasteiger partial charge >= 0.3 is 18.1 Å². The Kier molecular flexibility index (Phi) is 8.26. The summed E-state index contributed by atoms with van der Waals surface area (Å²) in [5, 5.41) is 16.3. The van der Waals surface area contributed by atoms with Crippen LogP contribution in [0.3, 0.4) is 0 Å². The third-order valence-corrected chi connectivity index (χ3v) is 5.39. The third kappa shape index (κ3) is 6.58. The average molecular weight is 469 g/mol. The standard InChI is InChI=1S/C20H25N3O3.C2HF3O2/c1-4-13-11-17(20(25)26)19(24)21-18(13)14-5-7-15(8-6-14)23-10-9-16(12-23)22(2)3;3-2(4,5)1(6)7/h5-8,11,16H,4,9-10,12H2,1-3H3,(H,21,24)(H,25,26);(H,6,7)/t16-;/m1./s1. The summed E-state index contributed by atoms with van der Waals surface area (Å²) in [7, 11) is 4.22. The van der Waals surface area contributed by atoms with E-state index < -0.39 is 23.7 Å². The molecule has 2 aromatic rings. The minimum Gasteiger partial charge on any atom is -0.477 e. The summed E-state index contributed by atoms with van der Waals surface area (Å²) >= 11 is 0. The lowest BCUT2D eigenvalue weighted by molar-refractivity contribution is -0.192. The number of rotatable bonds is 5. The second-order valence-corrected chi connectivity index (χ2v) is 7.77. The molecule has 180 valence electrons. The molecule has 0 bridgehead atoms. The molecule has 1 atom stereocenters.